The average Bonchev–Trinajstić information content (AvgIpc) is 1.07. The lowest BCUT2D eigenvalue weighted by Gasteiger charge is -2.36. The van der Waals surface area contributed by atoms with Crippen molar-refractivity contribution >= 4 is 89.2 Å². The Labute approximate surface area is 534 Å². The van der Waals surface area contributed by atoms with Crippen LogP contribution >= 0.6 is 0 Å². The normalized spacial score (nSPS) is 11.5. The van der Waals surface area contributed by atoms with E-state index in [2.05, 4.69) is 168 Å². The largest absolute Gasteiger partial charge is 0.411 e. The fourth-order valence-electron chi connectivity index (χ4n) is 10.1. The highest BCUT2D eigenvalue weighted by molar-refractivity contribution is 6.74. The Morgan fingerprint density at radius 1 is 0.456 bits per heavy atom. The van der Waals surface area contributed by atoms with E-state index >= 15 is 0 Å². The summed E-state index contributed by atoms with van der Waals surface area (Å²) in [7, 11) is 7.50. The molecule has 0 bridgehead atoms. The highest BCUT2D eigenvalue weighted by Gasteiger charge is 2.38. The number of anilines is 6. The van der Waals surface area contributed by atoms with Crippen molar-refractivity contribution in [3.05, 3.63) is 200 Å². The van der Waals surface area contributed by atoms with Crippen molar-refractivity contribution in [3.63, 3.8) is 0 Å². The minimum absolute atomic E-state index is 0.0536. The summed E-state index contributed by atoms with van der Waals surface area (Å²) in [6, 6.07) is 47.4. The smallest absolute Gasteiger partial charge is 0.236 e. The summed E-state index contributed by atoms with van der Waals surface area (Å²) in [5, 5.41) is 23.7. The van der Waals surface area contributed by atoms with Crippen molar-refractivity contribution in [2.45, 2.75) is 104 Å². The van der Waals surface area contributed by atoms with Gasteiger partial charge in [0.2, 0.25) is 5.69 Å². The van der Waals surface area contributed by atoms with Gasteiger partial charge in [0.25, 0.3) is 0 Å². The van der Waals surface area contributed by atoms with Gasteiger partial charge in [-0.05, 0) is 157 Å². The quantitative estimate of drug-likeness (QED) is 0.0623. The molecule has 6 aromatic carbocycles. The van der Waals surface area contributed by atoms with Gasteiger partial charge in [-0.3, -0.25) is 9.97 Å². The van der Waals surface area contributed by atoms with Crippen LogP contribution in [0.4, 0.5) is 39.8 Å². The predicted molar refractivity (Wildman–Crippen MR) is 376 cm³/mol. The van der Waals surface area contributed by atoms with Crippen LogP contribution in [0.3, 0.4) is 0 Å². The van der Waals surface area contributed by atoms with E-state index in [4.69, 9.17) is 30.4 Å². The summed E-state index contributed by atoms with van der Waals surface area (Å²) < 4.78 is 13.0. The Morgan fingerprint density at radius 3 is 1.10 bits per heavy atom. The maximum Gasteiger partial charge on any atom is 0.236 e. The van der Waals surface area contributed by atoms with Crippen LogP contribution in [0, 0.1) is 64.8 Å². The van der Waals surface area contributed by atoms with Gasteiger partial charge in [0.15, 0.2) is 16.6 Å². The predicted octanol–water partition coefficient (Wildman–Crippen LogP) is 17.1. The number of nitrogens with zero attached hydrogens (tertiary/aromatic N) is 10. The molecular formula is C76H78N10O2Si2. The van der Waals surface area contributed by atoms with Gasteiger partial charge >= 0.3 is 0 Å². The lowest BCUT2D eigenvalue weighted by molar-refractivity contribution is 0.272. The highest BCUT2D eigenvalue weighted by atomic mass is 28.4. The van der Waals surface area contributed by atoms with Crippen LogP contribution in [0.5, 0.6) is 0 Å². The molecule has 90 heavy (non-hydrogen) atoms. The van der Waals surface area contributed by atoms with Gasteiger partial charge in [0.1, 0.15) is 23.3 Å². The zero-order chi connectivity index (χ0) is 65.0. The van der Waals surface area contributed by atoms with E-state index in [9.17, 15) is 10.5 Å². The second-order valence-electron chi connectivity index (χ2n) is 26.2. The van der Waals surface area contributed by atoms with E-state index in [1.165, 1.54) is 0 Å². The lowest BCUT2D eigenvalue weighted by atomic mass is 10.0. The Balaban J connectivity index is 1.07. The summed E-state index contributed by atoms with van der Waals surface area (Å²) in [5.41, 5.74) is 15.3. The number of nitriles is 2. The molecule has 0 unspecified atom stereocenters. The number of hydrogen-bond donors (Lipinski definition) is 0. The third-order valence-electron chi connectivity index (χ3n) is 17.2. The fourth-order valence-corrected chi connectivity index (χ4v) is 12.0. The minimum atomic E-state index is -2.03. The monoisotopic (exact) mass is 1220 g/mol. The second-order valence-corrected chi connectivity index (χ2v) is 35.9. The molecule has 452 valence electrons. The first-order chi connectivity index (χ1) is 42.6. The first-order valence-corrected chi connectivity index (χ1v) is 36.0. The van der Waals surface area contributed by atoms with Crippen LogP contribution in [0.15, 0.2) is 127 Å². The second kappa shape index (κ2) is 26.1. The van der Waals surface area contributed by atoms with E-state index in [0.29, 0.717) is 58.0 Å². The van der Waals surface area contributed by atoms with Crippen molar-refractivity contribution in [2.24, 2.45) is 0 Å². The maximum atomic E-state index is 10.7. The number of fused-ring (bicyclic) bond motifs is 3. The molecule has 0 amide bonds. The molecule has 9 aromatic rings. The molecule has 9 rings (SSSR count). The summed E-state index contributed by atoms with van der Waals surface area (Å²) in [4.78, 5) is 26.8. The lowest BCUT2D eigenvalue weighted by Crippen LogP contribution is -2.40. The number of aromatic nitrogens is 3. The topological polar surface area (TPSA) is 122 Å². The molecule has 0 N–H and O–H groups in total. The van der Waals surface area contributed by atoms with E-state index in [-0.39, 0.29) is 10.1 Å². The molecule has 0 radical (unpaired) electrons. The van der Waals surface area contributed by atoms with Crippen molar-refractivity contribution in [1.29, 1.82) is 10.5 Å². The number of aryl methyl sites for hydroxylation is 1. The Hall–Kier alpha value is -9.75. The van der Waals surface area contributed by atoms with E-state index < -0.39 is 16.6 Å². The van der Waals surface area contributed by atoms with Gasteiger partial charge in [-0.1, -0.05) is 102 Å². The molecule has 0 aliphatic rings. The molecule has 14 heteroatoms. The number of benzene rings is 6. The molecule has 0 fully saturated rings. The van der Waals surface area contributed by atoms with Crippen LogP contribution in [-0.2, 0) is 28.5 Å². The molecule has 3 aromatic heterocycles. The number of hydrogen-bond acceptors (Lipinski definition) is 11. The molecule has 12 nitrogen and oxygen atoms in total. The van der Waals surface area contributed by atoms with Gasteiger partial charge in [-0.15, -0.1) is 0 Å². The van der Waals surface area contributed by atoms with Crippen molar-refractivity contribution in [1.82, 2.24) is 15.0 Å². The zero-order valence-electron chi connectivity index (χ0n) is 55.0. The minimum Gasteiger partial charge on any atom is -0.411 e. The van der Waals surface area contributed by atoms with Crippen molar-refractivity contribution in [3.8, 4) is 47.7 Å². The summed E-state index contributed by atoms with van der Waals surface area (Å²) in [6.45, 7) is 33.4. The zero-order valence-corrected chi connectivity index (χ0v) is 57.0. The standard InChI is InChI=1S/C76H78N10O2Si2/c1-19-60-35-32-54-44-57(72(83(9)10)66(47-77)68(54)80-60)29-20-51-23-38-63(39-24-51)86(64-40-25-52(26-41-64)21-30-58-45-55-33-36-61(49-87-89(15,16)75(2,3)4)81-69(55)67(48-78)73(58)84(11)12)65-42-27-53(28-43-65)22-31-59-46-56-34-37-62(50-88-90(17,18)76(5,6)7)82-70(56)71(79-8)74(59)85(13)14/h23-28,32-46H,19,49-50H2,1-7,9-18H3. The molecular weight excluding hydrogens is 1140 g/mol. The van der Waals surface area contributed by atoms with Crippen LogP contribution in [0.25, 0.3) is 37.6 Å². The summed E-state index contributed by atoms with van der Waals surface area (Å²) in [5.74, 6) is 20.5. The molecule has 0 saturated heterocycles. The van der Waals surface area contributed by atoms with Crippen LogP contribution < -0.4 is 19.6 Å². The summed E-state index contributed by atoms with van der Waals surface area (Å²) >= 11 is 0. The average molecular weight is 1220 g/mol. The first kappa shape index (κ1) is 64.7. The van der Waals surface area contributed by atoms with E-state index in [1.54, 1.807) is 0 Å². The molecule has 0 aliphatic carbocycles. The third kappa shape index (κ3) is 13.8. The Morgan fingerprint density at radius 2 is 0.778 bits per heavy atom. The SMILES string of the molecule is [C-]#[N+]c1c(N(C)C)c(C#Cc2ccc(N(c3ccc(C#Cc4cc5ccc(CC)nc5c(C#N)c4N(C)C)cc3)c3ccc(C#Cc4cc5ccc(CO[Si](C)(C)C(C)(C)C)nc5c(C#N)c4N(C)C)cc3)cc2)cc2ccc(CO[Si](C)(C)C(C)(C)C)nc12. The van der Waals surface area contributed by atoms with Crippen LogP contribution in [0.2, 0.25) is 36.3 Å². The van der Waals surface area contributed by atoms with Gasteiger partial charge in [0.05, 0.1) is 75.9 Å². The van der Waals surface area contributed by atoms with Crippen LogP contribution in [0.1, 0.15) is 110 Å². The van der Waals surface area contributed by atoms with Crippen molar-refractivity contribution in [2.75, 3.05) is 61.9 Å². The van der Waals surface area contributed by atoms with Crippen molar-refractivity contribution < 1.29 is 8.85 Å². The molecule has 0 saturated carbocycles. The Bertz CT molecular complexity index is 4370. The number of pyridine rings is 3. The first-order valence-electron chi connectivity index (χ1n) is 30.2. The van der Waals surface area contributed by atoms with E-state index in [1.807, 2.05) is 148 Å². The number of rotatable bonds is 13. The molecule has 0 aliphatic heterocycles. The summed E-state index contributed by atoms with van der Waals surface area (Å²) in [6.07, 6.45) is 0.768. The van der Waals surface area contributed by atoms with Crippen LogP contribution in [-0.4, -0.2) is 73.9 Å². The molecule has 0 spiro atoms. The third-order valence-corrected chi connectivity index (χ3v) is 26.2. The van der Waals surface area contributed by atoms with Gasteiger partial charge in [-0.25, -0.2) is 9.83 Å². The highest BCUT2D eigenvalue weighted by Crippen LogP contribution is 2.42. The van der Waals surface area contributed by atoms with Gasteiger partial charge in [-0.2, -0.15) is 10.5 Å². The van der Waals surface area contributed by atoms with Gasteiger partial charge in [0, 0.05) is 98.1 Å². The van der Waals surface area contributed by atoms with E-state index in [0.717, 1.165) is 95.8 Å². The Kier molecular flexibility index (Phi) is 18.8. The molecule has 0 atom stereocenters. The molecule has 3 heterocycles. The fraction of sp³-hybridized carbons (Fsp3) is 0.289. The maximum absolute atomic E-state index is 10.7. The van der Waals surface area contributed by atoms with Gasteiger partial charge < -0.3 is 28.5 Å².